The van der Waals surface area contributed by atoms with Crippen LogP contribution in [0.25, 0.3) is 16.9 Å². The second kappa shape index (κ2) is 6.84. The van der Waals surface area contributed by atoms with Gasteiger partial charge in [-0.2, -0.15) is 10.4 Å². The van der Waals surface area contributed by atoms with Crippen molar-refractivity contribution in [2.24, 2.45) is 0 Å². The smallest absolute Gasteiger partial charge is 0.261 e. The van der Waals surface area contributed by atoms with Gasteiger partial charge in [-0.15, -0.1) is 0 Å². The molecule has 0 saturated heterocycles. The number of aryl methyl sites for hydroxylation is 1. The summed E-state index contributed by atoms with van der Waals surface area (Å²) in [6.45, 7) is 1.85. The summed E-state index contributed by atoms with van der Waals surface area (Å²) >= 11 is 0. The molecule has 1 aromatic carbocycles. The molecule has 0 aliphatic heterocycles. The molecule has 144 valence electrons. The van der Waals surface area contributed by atoms with Gasteiger partial charge < -0.3 is 5.73 Å². The van der Waals surface area contributed by atoms with Crippen LogP contribution < -0.4 is 10.5 Å². The van der Waals surface area contributed by atoms with Gasteiger partial charge in [0.15, 0.2) is 11.5 Å². The maximum absolute atomic E-state index is 12.9. The van der Waals surface area contributed by atoms with Crippen molar-refractivity contribution in [3.05, 3.63) is 60.3 Å². The Kier molecular flexibility index (Phi) is 4.33. The molecule has 3 aromatic heterocycles. The number of pyridine rings is 1. The Hall–Kier alpha value is -4.04. The number of fused-ring (bicyclic) bond motifs is 1. The van der Waals surface area contributed by atoms with Crippen molar-refractivity contribution in [3.8, 4) is 17.3 Å². The number of imidazole rings is 1. The van der Waals surface area contributed by atoms with E-state index in [4.69, 9.17) is 11.0 Å². The third-order valence-corrected chi connectivity index (χ3v) is 5.63. The van der Waals surface area contributed by atoms with Crippen molar-refractivity contribution < 1.29 is 8.42 Å². The van der Waals surface area contributed by atoms with Gasteiger partial charge in [0.05, 0.1) is 22.5 Å². The molecule has 0 fully saturated rings. The Bertz CT molecular complexity index is 1390. The minimum Gasteiger partial charge on any atom is -0.381 e. The van der Waals surface area contributed by atoms with Crippen molar-refractivity contribution >= 4 is 27.2 Å². The number of aromatic nitrogens is 5. The van der Waals surface area contributed by atoms with Crippen LogP contribution in [0.4, 0.5) is 11.5 Å². The fraction of sp³-hybridized carbons (Fsp3) is 0.0556. The summed E-state index contributed by atoms with van der Waals surface area (Å²) in [7, 11) is -3.90. The van der Waals surface area contributed by atoms with Gasteiger partial charge in [-0.05, 0) is 36.8 Å². The monoisotopic (exact) mass is 406 g/mol. The first-order valence-corrected chi connectivity index (χ1v) is 9.81. The molecule has 0 aliphatic carbocycles. The summed E-state index contributed by atoms with van der Waals surface area (Å²) in [5.74, 6) is 0.223. The third kappa shape index (κ3) is 3.32. The van der Waals surface area contributed by atoms with Gasteiger partial charge in [-0.3, -0.25) is 4.72 Å². The Labute approximate surface area is 165 Å². The highest BCUT2D eigenvalue weighted by atomic mass is 32.2. The van der Waals surface area contributed by atoms with Crippen LogP contribution >= 0.6 is 0 Å². The first-order valence-electron chi connectivity index (χ1n) is 8.33. The minimum absolute atomic E-state index is 0.0467. The van der Waals surface area contributed by atoms with E-state index in [2.05, 4.69) is 24.8 Å². The standard InChI is InChI=1S/C18H14N8O2S/c1-11-2-3-14(29(27,28)25-12-4-5-21-13(6-12)8-19)7-15(11)16-9-22-18-17(20)23-10-24-26(16)18/h2-7,9-10H,1H3,(H,21,25)(H2,20,23,24). The molecule has 0 aliphatic rings. The Morgan fingerprint density at radius 3 is 2.79 bits per heavy atom. The van der Waals surface area contributed by atoms with Gasteiger partial charge >= 0.3 is 0 Å². The zero-order valence-corrected chi connectivity index (χ0v) is 15.9. The normalized spacial score (nSPS) is 11.3. The zero-order valence-electron chi connectivity index (χ0n) is 15.1. The van der Waals surface area contributed by atoms with Gasteiger partial charge in [0.1, 0.15) is 18.1 Å². The van der Waals surface area contributed by atoms with Crippen molar-refractivity contribution in [1.29, 1.82) is 5.26 Å². The van der Waals surface area contributed by atoms with Gasteiger partial charge in [0, 0.05) is 11.8 Å². The molecule has 11 heteroatoms. The van der Waals surface area contributed by atoms with E-state index in [1.165, 1.54) is 41.3 Å². The largest absolute Gasteiger partial charge is 0.381 e. The van der Waals surface area contributed by atoms with Crippen LogP contribution in [0.3, 0.4) is 0 Å². The number of benzene rings is 1. The van der Waals surface area contributed by atoms with E-state index >= 15 is 0 Å². The quantitative estimate of drug-likeness (QED) is 0.520. The van der Waals surface area contributed by atoms with Crippen LogP contribution in [0.15, 0.2) is 53.9 Å². The molecule has 0 spiro atoms. The SMILES string of the molecule is Cc1ccc(S(=O)(=O)Nc2ccnc(C#N)c2)cc1-c1cnc2c(N)ncnn12. The molecule has 0 amide bonds. The fourth-order valence-corrected chi connectivity index (χ4v) is 3.91. The lowest BCUT2D eigenvalue weighted by Gasteiger charge is -2.11. The topological polar surface area (TPSA) is 152 Å². The van der Waals surface area contributed by atoms with E-state index < -0.39 is 10.0 Å². The molecule has 0 saturated carbocycles. The highest BCUT2D eigenvalue weighted by Gasteiger charge is 2.19. The number of nitrogens with two attached hydrogens (primary N) is 1. The number of hydrogen-bond donors (Lipinski definition) is 2. The second-order valence-corrected chi connectivity index (χ2v) is 7.83. The number of nitrogens with zero attached hydrogens (tertiary/aromatic N) is 6. The van der Waals surface area contributed by atoms with Crippen molar-refractivity contribution in [2.45, 2.75) is 11.8 Å². The lowest BCUT2D eigenvalue weighted by Crippen LogP contribution is -2.13. The summed E-state index contributed by atoms with van der Waals surface area (Å²) in [6, 6.07) is 9.43. The van der Waals surface area contributed by atoms with Crippen LogP contribution in [0.1, 0.15) is 11.3 Å². The van der Waals surface area contributed by atoms with Crippen molar-refractivity contribution in [3.63, 3.8) is 0 Å². The number of anilines is 2. The van der Waals surface area contributed by atoms with Gasteiger partial charge in [0.2, 0.25) is 0 Å². The molecule has 4 rings (SSSR count). The fourth-order valence-electron chi connectivity index (χ4n) is 2.83. The number of rotatable bonds is 4. The molecule has 0 atom stereocenters. The first kappa shape index (κ1) is 18.3. The lowest BCUT2D eigenvalue weighted by molar-refractivity contribution is 0.601. The number of nitrogen functional groups attached to an aromatic ring is 1. The van der Waals surface area contributed by atoms with E-state index in [1.807, 2.05) is 13.0 Å². The summed E-state index contributed by atoms with van der Waals surface area (Å²) in [6.07, 6.45) is 4.23. The summed E-state index contributed by atoms with van der Waals surface area (Å²) in [5.41, 5.74) is 8.61. The molecule has 0 bridgehead atoms. The Balaban J connectivity index is 1.78. The lowest BCUT2D eigenvalue weighted by atomic mass is 10.1. The van der Waals surface area contributed by atoms with E-state index in [-0.39, 0.29) is 22.1 Å². The first-order chi connectivity index (χ1) is 13.9. The van der Waals surface area contributed by atoms with E-state index in [1.54, 1.807) is 12.3 Å². The van der Waals surface area contributed by atoms with Crippen molar-refractivity contribution in [2.75, 3.05) is 10.5 Å². The Morgan fingerprint density at radius 1 is 1.17 bits per heavy atom. The van der Waals surface area contributed by atoms with Crippen LogP contribution in [-0.2, 0) is 10.0 Å². The molecular formula is C18H14N8O2S. The van der Waals surface area contributed by atoms with Gasteiger partial charge in [-0.1, -0.05) is 6.07 Å². The van der Waals surface area contributed by atoms with E-state index in [0.29, 0.717) is 16.9 Å². The van der Waals surface area contributed by atoms with Crippen LogP contribution in [-0.4, -0.2) is 33.0 Å². The Morgan fingerprint density at radius 2 is 2.00 bits per heavy atom. The molecule has 3 heterocycles. The maximum atomic E-state index is 12.9. The number of sulfonamides is 1. The second-order valence-electron chi connectivity index (χ2n) is 6.15. The summed E-state index contributed by atoms with van der Waals surface area (Å²) in [5, 5.41) is 13.1. The van der Waals surface area contributed by atoms with E-state index in [0.717, 1.165) is 5.56 Å². The predicted octanol–water partition coefficient (Wildman–Crippen LogP) is 1.75. The molecule has 0 radical (unpaired) electrons. The molecule has 29 heavy (non-hydrogen) atoms. The van der Waals surface area contributed by atoms with Crippen molar-refractivity contribution in [1.82, 2.24) is 24.6 Å². The highest BCUT2D eigenvalue weighted by Crippen LogP contribution is 2.28. The van der Waals surface area contributed by atoms with Gasteiger partial charge in [0.25, 0.3) is 10.0 Å². The third-order valence-electron chi connectivity index (χ3n) is 4.25. The van der Waals surface area contributed by atoms with Crippen LogP contribution in [0, 0.1) is 18.3 Å². The highest BCUT2D eigenvalue weighted by molar-refractivity contribution is 7.92. The van der Waals surface area contributed by atoms with E-state index in [9.17, 15) is 8.42 Å². The molecule has 0 unspecified atom stereocenters. The molecular weight excluding hydrogens is 392 g/mol. The number of nitrogens with one attached hydrogen (secondary N) is 1. The zero-order chi connectivity index (χ0) is 20.6. The van der Waals surface area contributed by atoms with Gasteiger partial charge in [-0.25, -0.2) is 27.9 Å². The average molecular weight is 406 g/mol. The van der Waals surface area contributed by atoms with Crippen LogP contribution in [0.2, 0.25) is 0 Å². The number of nitriles is 1. The summed E-state index contributed by atoms with van der Waals surface area (Å²) < 4.78 is 29.7. The predicted molar refractivity (Wildman–Crippen MR) is 105 cm³/mol. The van der Waals surface area contributed by atoms with Crippen LogP contribution in [0.5, 0.6) is 0 Å². The molecule has 3 N–H and O–H groups in total. The average Bonchev–Trinajstić information content (AvgIpc) is 3.13. The minimum atomic E-state index is -3.90. The molecule has 10 nitrogen and oxygen atoms in total. The maximum Gasteiger partial charge on any atom is 0.261 e. The molecule has 4 aromatic rings. The number of hydrogen-bond acceptors (Lipinski definition) is 8. The summed E-state index contributed by atoms with van der Waals surface area (Å²) in [4.78, 5) is 12.0.